The van der Waals surface area contributed by atoms with Gasteiger partial charge in [-0.15, -0.1) is 0 Å². The first-order chi connectivity index (χ1) is 12.6. The molecule has 0 unspecified atom stereocenters. The van der Waals surface area contributed by atoms with E-state index in [0.717, 1.165) is 11.1 Å². The lowest BCUT2D eigenvalue weighted by atomic mass is 9.95. The molecule has 1 heterocycles. The van der Waals surface area contributed by atoms with Crippen molar-refractivity contribution in [3.8, 4) is 0 Å². The number of halogens is 5. The molecule has 27 heavy (non-hydrogen) atoms. The molecule has 0 spiro atoms. The Morgan fingerprint density at radius 2 is 1.44 bits per heavy atom. The number of allylic oxidation sites excluding steroid dienone is 2. The molecule has 0 atom stereocenters. The molecule has 142 valence electrons. The molecule has 0 saturated carbocycles. The quantitative estimate of drug-likeness (QED) is 0.481. The summed E-state index contributed by atoms with van der Waals surface area (Å²) in [4.78, 5) is 0.155. The molecule has 0 aromatic heterocycles. The van der Waals surface area contributed by atoms with Gasteiger partial charge in [0.25, 0.3) is 0 Å². The SMILES string of the molecule is C=C(CCC(=C)c1ccc2c(c1)SC(F)(F)C(F)(F)C2)c1ccc(F)cc1. The smallest absolute Gasteiger partial charge is 0.207 e. The van der Waals surface area contributed by atoms with E-state index in [-0.39, 0.29) is 28.0 Å². The second-order valence-electron chi connectivity index (χ2n) is 6.54. The number of rotatable bonds is 5. The minimum Gasteiger partial charge on any atom is -0.207 e. The van der Waals surface area contributed by atoms with Crippen molar-refractivity contribution in [2.45, 2.75) is 35.3 Å². The Bertz CT molecular complexity index is 884. The maximum Gasteiger partial charge on any atom is 0.360 e. The number of alkyl halides is 4. The molecule has 0 N–H and O–H groups in total. The van der Waals surface area contributed by atoms with E-state index in [0.29, 0.717) is 24.0 Å². The second kappa shape index (κ2) is 7.15. The Hall–Kier alpha value is -2.08. The molecule has 1 aliphatic rings. The van der Waals surface area contributed by atoms with Gasteiger partial charge in [-0.3, -0.25) is 0 Å². The van der Waals surface area contributed by atoms with Crippen LogP contribution in [-0.4, -0.2) is 11.2 Å². The van der Waals surface area contributed by atoms with Gasteiger partial charge in [0.15, 0.2) is 0 Å². The van der Waals surface area contributed by atoms with Crippen molar-refractivity contribution in [2.75, 3.05) is 0 Å². The molecular formula is C21H17F5S. The largest absolute Gasteiger partial charge is 0.360 e. The van der Waals surface area contributed by atoms with Crippen LogP contribution in [0.25, 0.3) is 11.1 Å². The minimum atomic E-state index is -4.13. The third-order valence-corrected chi connectivity index (χ3v) is 5.69. The molecule has 2 aromatic carbocycles. The van der Waals surface area contributed by atoms with Crippen LogP contribution in [0, 0.1) is 5.82 Å². The van der Waals surface area contributed by atoms with Crippen LogP contribution in [0.2, 0.25) is 0 Å². The van der Waals surface area contributed by atoms with Crippen LogP contribution >= 0.6 is 11.8 Å². The Morgan fingerprint density at radius 3 is 2.07 bits per heavy atom. The van der Waals surface area contributed by atoms with Crippen molar-refractivity contribution in [1.82, 2.24) is 0 Å². The van der Waals surface area contributed by atoms with Gasteiger partial charge < -0.3 is 0 Å². The molecule has 0 radical (unpaired) electrons. The Morgan fingerprint density at radius 1 is 0.889 bits per heavy atom. The van der Waals surface area contributed by atoms with Gasteiger partial charge in [0.1, 0.15) is 5.82 Å². The van der Waals surface area contributed by atoms with Crippen LogP contribution in [0.4, 0.5) is 22.0 Å². The van der Waals surface area contributed by atoms with Gasteiger partial charge in [0.2, 0.25) is 0 Å². The molecule has 0 aliphatic carbocycles. The number of benzene rings is 2. The number of thioether (sulfide) groups is 1. The zero-order valence-corrected chi connectivity index (χ0v) is 15.2. The topological polar surface area (TPSA) is 0 Å². The normalized spacial score (nSPS) is 17.2. The highest BCUT2D eigenvalue weighted by atomic mass is 32.2. The van der Waals surface area contributed by atoms with Crippen LogP contribution in [0.1, 0.15) is 29.5 Å². The van der Waals surface area contributed by atoms with E-state index < -0.39 is 17.6 Å². The molecular weight excluding hydrogens is 379 g/mol. The molecule has 2 aromatic rings. The van der Waals surface area contributed by atoms with Gasteiger partial charge in [-0.2, -0.15) is 17.6 Å². The number of fused-ring (bicyclic) bond motifs is 1. The summed E-state index contributed by atoms with van der Waals surface area (Å²) in [5, 5.41) is -4.13. The van der Waals surface area contributed by atoms with Crippen LogP contribution in [-0.2, 0) is 6.42 Å². The fraction of sp³-hybridized carbons (Fsp3) is 0.238. The maximum absolute atomic E-state index is 13.6. The van der Waals surface area contributed by atoms with Gasteiger partial charge >= 0.3 is 11.2 Å². The van der Waals surface area contributed by atoms with Gasteiger partial charge in [-0.1, -0.05) is 37.4 Å². The highest BCUT2D eigenvalue weighted by Crippen LogP contribution is 2.53. The summed E-state index contributed by atoms with van der Waals surface area (Å²) in [5.74, 6) is -4.39. The zero-order valence-electron chi connectivity index (χ0n) is 14.4. The van der Waals surface area contributed by atoms with Gasteiger partial charge in [0, 0.05) is 11.3 Å². The van der Waals surface area contributed by atoms with Crippen molar-refractivity contribution < 1.29 is 22.0 Å². The molecule has 6 heteroatoms. The lowest BCUT2D eigenvalue weighted by Gasteiger charge is -2.31. The lowest BCUT2D eigenvalue weighted by Crippen LogP contribution is -2.42. The predicted molar refractivity (Wildman–Crippen MR) is 99.6 cm³/mol. The third-order valence-electron chi connectivity index (χ3n) is 4.53. The summed E-state index contributed by atoms with van der Waals surface area (Å²) in [5.41, 5.74) is 3.15. The summed E-state index contributed by atoms with van der Waals surface area (Å²) in [7, 11) is 0. The van der Waals surface area contributed by atoms with E-state index in [2.05, 4.69) is 13.2 Å². The highest BCUT2D eigenvalue weighted by Gasteiger charge is 2.59. The van der Waals surface area contributed by atoms with Gasteiger partial charge in [-0.25, -0.2) is 4.39 Å². The van der Waals surface area contributed by atoms with Crippen LogP contribution < -0.4 is 0 Å². The van der Waals surface area contributed by atoms with E-state index in [1.807, 2.05) is 0 Å². The average Bonchev–Trinajstić information content (AvgIpc) is 2.60. The minimum absolute atomic E-state index is 0.102. The van der Waals surface area contributed by atoms with Crippen molar-refractivity contribution in [1.29, 1.82) is 0 Å². The first-order valence-corrected chi connectivity index (χ1v) is 9.10. The van der Waals surface area contributed by atoms with Crippen molar-refractivity contribution in [3.05, 3.63) is 78.1 Å². The van der Waals surface area contributed by atoms with Crippen LogP contribution in [0.15, 0.2) is 60.5 Å². The highest BCUT2D eigenvalue weighted by molar-refractivity contribution is 8.00. The summed E-state index contributed by atoms with van der Waals surface area (Å²) < 4.78 is 67.2. The second-order valence-corrected chi connectivity index (χ2v) is 7.69. The zero-order chi connectivity index (χ0) is 19.8. The van der Waals surface area contributed by atoms with Crippen LogP contribution in [0.3, 0.4) is 0 Å². The third kappa shape index (κ3) is 4.10. The monoisotopic (exact) mass is 396 g/mol. The first-order valence-electron chi connectivity index (χ1n) is 8.28. The Balaban J connectivity index is 1.69. The molecule has 0 bridgehead atoms. The lowest BCUT2D eigenvalue weighted by molar-refractivity contribution is -0.153. The van der Waals surface area contributed by atoms with E-state index >= 15 is 0 Å². The van der Waals surface area contributed by atoms with Gasteiger partial charge in [-0.05, 0) is 70.6 Å². The first kappa shape index (κ1) is 19.7. The van der Waals surface area contributed by atoms with Crippen molar-refractivity contribution in [3.63, 3.8) is 0 Å². The van der Waals surface area contributed by atoms with Crippen molar-refractivity contribution >= 4 is 22.9 Å². The van der Waals surface area contributed by atoms with E-state index in [9.17, 15) is 22.0 Å². The van der Waals surface area contributed by atoms with E-state index in [4.69, 9.17) is 0 Å². The summed E-state index contributed by atoms with van der Waals surface area (Å²) in [6.07, 6.45) is 0.103. The van der Waals surface area contributed by atoms with E-state index in [1.165, 1.54) is 24.3 Å². The van der Waals surface area contributed by atoms with Gasteiger partial charge in [0.05, 0.1) is 0 Å². The fourth-order valence-electron chi connectivity index (χ4n) is 2.85. The Kier molecular flexibility index (Phi) is 5.21. The number of hydrogen-bond donors (Lipinski definition) is 0. The molecule has 0 amide bonds. The predicted octanol–water partition coefficient (Wildman–Crippen LogP) is 7.21. The Labute approximate surface area is 158 Å². The van der Waals surface area contributed by atoms with E-state index in [1.54, 1.807) is 18.2 Å². The molecule has 0 nitrogen and oxygen atoms in total. The summed E-state index contributed by atoms with van der Waals surface area (Å²) >= 11 is -0.102. The van der Waals surface area contributed by atoms with Crippen LogP contribution in [0.5, 0.6) is 0 Å². The molecule has 0 fully saturated rings. The van der Waals surface area contributed by atoms with Crippen molar-refractivity contribution in [2.24, 2.45) is 0 Å². The summed E-state index contributed by atoms with van der Waals surface area (Å²) in [6.45, 7) is 7.95. The molecule has 0 saturated heterocycles. The number of hydrogen-bond acceptors (Lipinski definition) is 1. The molecule has 1 aliphatic heterocycles. The standard InChI is InChI=1S/C21H17F5S/c1-13(15-7-9-18(22)10-8-15)3-4-14(2)16-5-6-17-12-20(23,24)21(25,26)27-19(17)11-16/h5-11H,1-4,12H2. The fourth-order valence-corrected chi connectivity index (χ4v) is 3.80. The molecule has 3 rings (SSSR count). The summed E-state index contributed by atoms with van der Waals surface area (Å²) in [6, 6.07) is 10.6. The average molecular weight is 396 g/mol. The maximum atomic E-state index is 13.6.